The lowest BCUT2D eigenvalue weighted by Crippen LogP contribution is -2.50. The first-order chi connectivity index (χ1) is 13.2. The largest absolute Gasteiger partial charge is 0.366 e. The third-order valence-corrected chi connectivity index (χ3v) is 6.57. The number of amides is 2. The highest BCUT2D eigenvalue weighted by molar-refractivity contribution is 7.89. The Bertz CT molecular complexity index is 1020. The third-order valence-electron chi connectivity index (χ3n) is 4.41. The van der Waals surface area contributed by atoms with E-state index >= 15 is 0 Å². The first kappa shape index (κ1) is 20.2. The van der Waals surface area contributed by atoms with Gasteiger partial charge < -0.3 is 10.6 Å². The first-order valence-electron chi connectivity index (χ1n) is 8.34. The summed E-state index contributed by atoms with van der Waals surface area (Å²) in [5, 5.41) is 0.430. The van der Waals surface area contributed by atoms with Gasteiger partial charge in [-0.3, -0.25) is 9.59 Å². The van der Waals surface area contributed by atoms with Crippen LogP contribution < -0.4 is 5.73 Å². The minimum Gasteiger partial charge on any atom is -0.366 e. The van der Waals surface area contributed by atoms with Crippen LogP contribution in [0.3, 0.4) is 0 Å². The number of sulfonamides is 1. The van der Waals surface area contributed by atoms with Crippen molar-refractivity contribution >= 4 is 33.4 Å². The number of halogens is 2. The van der Waals surface area contributed by atoms with Crippen LogP contribution in [0.25, 0.3) is 0 Å². The maximum Gasteiger partial charge on any atom is 0.254 e. The molecule has 1 aliphatic rings. The molecule has 2 amide bonds. The molecule has 2 aromatic rings. The normalized spacial score (nSPS) is 15.4. The number of hydrogen-bond donors (Lipinski definition) is 1. The van der Waals surface area contributed by atoms with Crippen LogP contribution in [-0.2, 0) is 10.0 Å². The van der Waals surface area contributed by atoms with Crippen molar-refractivity contribution in [2.75, 3.05) is 26.2 Å². The molecule has 0 atom stereocenters. The van der Waals surface area contributed by atoms with E-state index in [9.17, 15) is 22.4 Å². The number of carbonyl (C=O) groups excluding carboxylic acids is 2. The number of primary amides is 1. The SMILES string of the molecule is NC(=O)c1cc(F)cc(C(=O)N2CCN(S(=O)(=O)c3ccc(Cl)cc3)CC2)c1. The fourth-order valence-electron chi connectivity index (χ4n) is 2.93. The molecule has 2 aromatic carbocycles. The van der Waals surface area contributed by atoms with Crippen LogP contribution in [0.5, 0.6) is 0 Å². The first-order valence-corrected chi connectivity index (χ1v) is 10.2. The molecule has 1 saturated heterocycles. The van der Waals surface area contributed by atoms with Crippen molar-refractivity contribution in [2.45, 2.75) is 4.90 Å². The molecule has 1 aliphatic heterocycles. The lowest BCUT2D eigenvalue weighted by molar-refractivity contribution is 0.0697. The topological polar surface area (TPSA) is 101 Å². The van der Waals surface area contributed by atoms with Gasteiger partial charge in [0.25, 0.3) is 5.91 Å². The summed E-state index contributed by atoms with van der Waals surface area (Å²) in [5.41, 5.74) is 5.03. The van der Waals surface area contributed by atoms with Gasteiger partial charge in [0.1, 0.15) is 5.82 Å². The van der Waals surface area contributed by atoms with Gasteiger partial charge in [-0.2, -0.15) is 4.31 Å². The number of rotatable bonds is 4. The van der Waals surface area contributed by atoms with Crippen molar-refractivity contribution in [3.63, 3.8) is 0 Å². The minimum absolute atomic E-state index is 0.0113. The summed E-state index contributed by atoms with van der Waals surface area (Å²) in [5.74, 6) is -2.08. The maximum absolute atomic E-state index is 13.7. The van der Waals surface area contributed by atoms with Gasteiger partial charge in [0.2, 0.25) is 15.9 Å². The van der Waals surface area contributed by atoms with Gasteiger partial charge in [-0.1, -0.05) is 11.6 Å². The van der Waals surface area contributed by atoms with Crippen LogP contribution in [0.15, 0.2) is 47.4 Å². The second-order valence-corrected chi connectivity index (χ2v) is 8.62. The van der Waals surface area contributed by atoms with Crippen molar-refractivity contribution in [1.82, 2.24) is 9.21 Å². The monoisotopic (exact) mass is 425 g/mol. The molecule has 0 radical (unpaired) electrons. The number of nitrogens with two attached hydrogens (primary N) is 1. The predicted molar refractivity (Wildman–Crippen MR) is 101 cm³/mol. The molecule has 148 valence electrons. The molecule has 0 unspecified atom stereocenters. The Morgan fingerprint density at radius 3 is 2.11 bits per heavy atom. The van der Waals surface area contributed by atoms with Crippen molar-refractivity contribution in [3.8, 4) is 0 Å². The summed E-state index contributed by atoms with van der Waals surface area (Å²) in [7, 11) is -3.70. The van der Waals surface area contributed by atoms with Crippen molar-refractivity contribution < 1.29 is 22.4 Å². The van der Waals surface area contributed by atoms with Gasteiger partial charge in [-0.05, 0) is 42.5 Å². The molecule has 1 heterocycles. The maximum atomic E-state index is 13.7. The summed E-state index contributed by atoms with van der Waals surface area (Å²) in [6.07, 6.45) is 0. The second kappa shape index (κ2) is 7.86. The molecule has 0 bridgehead atoms. The van der Waals surface area contributed by atoms with Crippen LogP contribution in [0, 0.1) is 5.82 Å². The van der Waals surface area contributed by atoms with E-state index in [-0.39, 0.29) is 42.2 Å². The Hall–Kier alpha value is -2.49. The third kappa shape index (κ3) is 4.16. The van der Waals surface area contributed by atoms with Crippen molar-refractivity contribution in [2.24, 2.45) is 5.73 Å². The zero-order valence-electron chi connectivity index (χ0n) is 14.6. The van der Waals surface area contributed by atoms with E-state index < -0.39 is 27.7 Å². The molecule has 0 aliphatic carbocycles. The Morgan fingerprint density at radius 2 is 1.54 bits per heavy atom. The average molecular weight is 426 g/mol. The van der Waals surface area contributed by atoms with Crippen LogP contribution in [0.1, 0.15) is 20.7 Å². The van der Waals surface area contributed by atoms with Crippen LogP contribution in [0.4, 0.5) is 4.39 Å². The van der Waals surface area contributed by atoms with Crippen molar-refractivity contribution in [3.05, 3.63) is 64.4 Å². The molecule has 0 spiro atoms. The summed E-state index contributed by atoms with van der Waals surface area (Å²) in [6, 6.07) is 9.04. The zero-order valence-corrected chi connectivity index (χ0v) is 16.2. The quantitative estimate of drug-likeness (QED) is 0.805. The zero-order chi connectivity index (χ0) is 20.5. The number of benzene rings is 2. The van der Waals surface area contributed by atoms with E-state index in [4.69, 9.17) is 17.3 Å². The summed E-state index contributed by atoms with van der Waals surface area (Å²) in [4.78, 5) is 25.4. The molecule has 28 heavy (non-hydrogen) atoms. The summed E-state index contributed by atoms with van der Waals surface area (Å²) < 4.78 is 40.3. The standard InChI is InChI=1S/C18H17ClFN3O4S/c19-14-1-3-16(4-2-14)28(26,27)23-7-5-22(6-8-23)18(25)13-9-12(17(21)24)10-15(20)11-13/h1-4,9-11H,5-8H2,(H2,21,24). The Labute approximate surface area is 166 Å². The molecule has 1 fully saturated rings. The predicted octanol–water partition coefficient (Wildman–Crippen LogP) is 1.72. The van der Waals surface area contributed by atoms with Gasteiger partial charge in [0.15, 0.2) is 0 Å². The van der Waals surface area contributed by atoms with Crippen LogP contribution >= 0.6 is 11.6 Å². The summed E-state index contributed by atoms with van der Waals surface area (Å²) in [6.45, 7) is 0.450. The highest BCUT2D eigenvalue weighted by Gasteiger charge is 2.30. The van der Waals surface area contributed by atoms with E-state index in [2.05, 4.69) is 0 Å². The molecule has 3 rings (SSSR count). The fraction of sp³-hybridized carbons (Fsp3) is 0.222. The molecule has 7 nitrogen and oxygen atoms in total. The van der Waals surface area contributed by atoms with Gasteiger partial charge in [0.05, 0.1) is 4.90 Å². The molecule has 0 aromatic heterocycles. The van der Waals surface area contributed by atoms with E-state index in [1.165, 1.54) is 39.5 Å². The molecule has 2 N–H and O–H groups in total. The van der Waals surface area contributed by atoms with Gasteiger partial charge in [0, 0.05) is 42.3 Å². The average Bonchev–Trinajstić information content (AvgIpc) is 2.67. The number of nitrogens with zero attached hydrogens (tertiary/aromatic N) is 2. The molecular weight excluding hydrogens is 409 g/mol. The van der Waals surface area contributed by atoms with E-state index in [0.29, 0.717) is 5.02 Å². The van der Waals surface area contributed by atoms with Gasteiger partial charge >= 0.3 is 0 Å². The number of piperazine rings is 1. The second-order valence-electron chi connectivity index (χ2n) is 6.24. The number of carbonyl (C=O) groups is 2. The number of hydrogen-bond acceptors (Lipinski definition) is 4. The van der Waals surface area contributed by atoms with Crippen LogP contribution in [-0.4, -0.2) is 55.6 Å². The van der Waals surface area contributed by atoms with Gasteiger partial charge in [-0.25, -0.2) is 12.8 Å². The fourth-order valence-corrected chi connectivity index (χ4v) is 4.47. The summed E-state index contributed by atoms with van der Waals surface area (Å²) >= 11 is 5.79. The Kier molecular flexibility index (Phi) is 5.69. The van der Waals surface area contributed by atoms with Crippen LogP contribution in [0.2, 0.25) is 5.02 Å². The Morgan fingerprint density at radius 1 is 0.964 bits per heavy atom. The highest BCUT2D eigenvalue weighted by atomic mass is 35.5. The minimum atomic E-state index is -3.70. The molecule has 10 heteroatoms. The van der Waals surface area contributed by atoms with Gasteiger partial charge in [-0.15, -0.1) is 0 Å². The van der Waals surface area contributed by atoms with E-state index in [0.717, 1.165) is 12.1 Å². The molecular formula is C18H17ClFN3O4S. The smallest absolute Gasteiger partial charge is 0.254 e. The van der Waals surface area contributed by atoms with Crippen molar-refractivity contribution in [1.29, 1.82) is 0 Å². The lowest BCUT2D eigenvalue weighted by Gasteiger charge is -2.34. The van der Waals surface area contributed by atoms with E-state index in [1.54, 1.807) is 0 Å². The van der Waals surface area contributed by atoms with E-state index in [1.807, 2.05) is 0 Å². The highest BCUT2D eigenvalue weighted by Crippen LogP contribution is 2.21. The lowest BCUT2D eigenvalue weighted by atomic mass is 10.1. The molecule has 0 saturated carbocycles. The Balaban J connectivity index is 1.72.